The van der Waals surface area contributed by atoms with Crippen molar-refractivity contribution >= 4 is 42.8 Å². The Labute approximate surface area is 82.5 Å². The third kappa shape index (κ3) is 6.84. The summed E-state index contributed by atoms with van der Waals surface area (Å²) in [6.45, 7) is 0.406. The lowest BCUT2D eigenvalue weighted by Gasteiger charge is -2.04. The molecule has 0 radical (unpaired) electrons. The lowest BCUT2D eigenvalue weighted by atomic mass is 10.4. The van der Waals surface area contributed by atoms with Crippen molar-refractivity contribution in [2.75, 3.05) is 12.5 Å². The van der Waals surface area contributed by atoms with E-state index in [0.29, 0.717) is 12.5 Å². The number of hydrogen-bond acceptors (Lipinski definition) is 4. The first-order chi connectivity index (χ1) is 5.18. The van der Waals surface area contributed by atoms with E-state index in [2.05, 4.69) is 25.3 Å². The van der Waals surface area contributed by atoms with Crippen LogP contribution in [-0.2, 0) is 9.53 Å². The average Bonchev–Trinajstić information content (AvgIpc) is 1.97. The minimum Gasteiger partial charge on any atom is -0.464 e. The fraction of sp³-hybridized carbons (Fsp3) is 0.833. The monoisotopic (exact) mass is 214 g/mol. The van der Waals surface area contributed by atoms with E-state index in [0.717, 1.165) is 12.8 Å². The van der Waals surface area contributed by atoms with Crippen LogP contribution in [-0.4, -0.2) is 23.0 Å². The van der Waals surface area contributed by atoms with Gasteiger partial charge in [0.05, 0.1) is 6.61 Å². The zero-order chi connectivity index (χ0) is 8.69. The number of rotatable bonds is 5. The molecule has 0 aliphatic carbocycles. The van der Waals surface area contributed by atoms with Crippen molar-refractivity contribution in [1.82, 2.24) is 0 Å². The maximum Gasteiger partial charge on any atom is 0.328 e. The Hall–Kier alpha value is 0.460. The summed E-state index contributed by atoms with van der Waals surface area (Å²) in [5.41, 5.74) is 0. The highest BCUT2D eigenvalue weighted by Crippen LogP contribution is 2.03. The Morgan fingerprint density at radius 1 is 1.45 bits per heavy atom. The predicted molar refractivity (Wildman–Crippen MR) is 52.7 cm³/mol. The van der Waals surface area contributed by atoms with E-state index in [1.54, 1.807) is 0 Å². The molecule has 0 N–H and O–H groups in total. The molecule has 0 aromatic carbocycles. The second-order valence-electron chi connectivity index (χ2n) is 1.94. The molecule has 0 heterocycles. The van der Waals surface area contributed by atoms with E-state index in [1.165, 1.54) is 0 Å². The number of unbranched alkanes of at least 4 members (excludes halogenated alkanes) is 1. The summed E-state index contributed by atoms with van der Waals surface area (Å²) in [6, 6.07) is 0. The summed E-state index contributed by atoms with van der Waals surface area (Å²) in [5, 5.41) is 0. The summed E-state index contributed by atoms with van der Waals surface area (Å²) in [4.78, 5) is 10.7. The fourth-order valence-corrected chi connectivity index (χ4v) is 0.782. The summed E-state index contributed by atoms with van der Waals surface area (Å²) < 4.78 is 4.12. The Kier molecular flexibility index (Phi) is 7.43. The van der Waals surface area contributed by atoms with E-state index >= 15 is 0 Å². The summed E-state index contributed by atoms with van der Waals surface area (Å²) in [6.07, 6.45) is 1.65. The van der Waals surface area contributed by atoms with Gasteiger partial charge in [-0.2, -0.15) is 25.3 Å². The summed E-state index contributed by atoms with van der Waals surface area (Å²) in [5.74, 6) is 0.203. The minimum absolute atomic E-state index is 0.397. The van der Waals surface area contributed by atoms with E-state index in [-0.39, 0.29) is 0 Å². The first kappa shape index (κ1) is 11.5. The second-order valence-corrected chi connectivity index (χ2v) is 3.76. The normalized spacial score (nSPS) is 10.2. The average molecular weight is 215 g/mol. The third-order valence-corrected chi connectivity index (χ3v) is 1.67. The van der Waals surface area contributed by atoms with Gasteiger partial charge in [0.25, 0.3) is 0 Å². The molecule has 2 nitrogen and oxygen atoms in total. The van der Waals surface area contributed by atoms with E-state index in [9.17, 15) is 4.79 Å². The Morgan fingerprint density at radius 3 is 2.55 bits per heavy atom. The third-order valence-electron chi connectivity index (χ3n) is 0.983. The van der Waals surface area contributed by atoms with Crippen LogP contribution in [0, 0.1) is 0 Å². The highest BCUT2D eigenvalue weighted by Gasteiger charge is 2.08. The van der Waals surface area contributed by atoms with E-state index in [4.69, 9.17) is 16.3 Å². The number of carbonyl (C=O) groups excluding carboxylic acids is 1. The van der Waals surface area contributed by atoms with Gasteiger partial charge in [-0.1, -0.05) is 0 Å². The van der Waals surface area contributed by atoms with Crippen LogP contribution >= 0.6 is 36.9 Å². The van der Waals surface area contributed by atoms with E-state index in [1.807, 2.05) is 0 Å². The summed E-state index contributed by atoms with van der Waals surface area (Å²) >= 11 is 13.0. The number of hydrogen-bond donors (Lipinski definition) is 2. The molecule has 11 heavy (non-hydrogen) atoms. The van der Waals surface area contributed by atoms with Gasteiger partial charge in [0.2, 0.25) is 0 Å². The topological polar surface area (TPSA) is 26.3 Å². The largest absolute Gasteiger partial charge is 0.464 e. The fourth-order valence-electron chi connectivity index (χ4n) is 0.444. The standard InChI is InChI=1S/C6H11ClO2S2/c7-3-1-2-4-9-5(8)6(10)11/h6,10-11H,1-4H2. The molecule has 0 bridgehead atoms. The SMILES string of the molecule is O=C(OCCCCCl)C(S)S. The number of esters is 1. The zero-order valence-corrected chi connectivity index (χ0v) is 8.54. The molecule has 0 unspecified atom stereocenters. The van der Waals surface area contributed by atoms with Crippen molar-refractivity contribution in [3.8, 4) is 0 Å². The van der Waals surface area contributed by atoms with Crippen molar-refractivity contribution in [2.24, 2.45) is 0 Å². The molecular formula is C6H11ClO2S2. The quantitative estimate of drug-likeness (QED) is 0.240. The number of alkyl halides is 1. The first-order valence-corrected chi connectivity index (χ1v) is 4.84. The van der Waals surface area contributed by atoms with Gasteiger partial charge >= 0.3 is 5.97 Å². The van der Waals surface area contributed by atoms with Crippen LogP contribution in [0.5, 0.6) is 0 Å². The molecule has 0 aliphatic rings. The van der Waals surface area contributed by atoms with E-state index < -0.39 is 10.6 Å². The minimum atomic E-state index is -0.633. The molecule has 0 aromatic rings. The van der Waals surface area contributed by atoms with Gasteiger partial charge in [-0.25, -0.2) is 4.79 Å². The van der Waals surface area contributed by atoms with Crippen LogP contribution in [0.15, 0.2) is 0 Å². The molecule has 0 saturated carbocycles. The van der Waals surface area contributed by atoms with Crippen molar-refractivity contribution < 1.29 is 9.53 Å². The van der Waals surface area contributed by atoms with Crippen LogP contribution < -0.4 is 0 Å². The van der Waals surface area contributed by atoms with Crippen LogP contribution in [0.2, 0.25) is 0 Å². The number of halogens is 1. The lowest BCUT2D eigenvalue weighted by Crippen LogP contribution is -2.13. The Balaban J connectivity index is 3.18. The highest BCUT2D eigenvalue weighted by atomic mass is 35.5. The van der Waals surface area contributed by atoms with Crippen LogP contribution in [0.25, 0.3) is 0 Å². The molecule has 0 saturated heterocycles. The molecule has 0 aromatic heterocycles. The molecule has 0 fully saturated rings. The smallest absolute Gasteiger partial charge is 0.328 e. The van der Waals surface area contributed by atoms with Crippen molar-refractivity contribution in [2.45, 2.75) is 17.4 Å². The van der Waals surface area contributed by atoms with Crippen LogP contribution in [0.4, 0.5) is 0 Å². The van der Waals surface area contributed by atoms with Gasteiger partial charge in [-0.3, -0.25) is 0 Å². The molecule has 66 valence electrons. The van der Waals surface area contributed by atoms with Crippen molar-refractivity contribution in [1.29, 1.82) is 0 Å². The lowest BCUT2D eigenvalue weighted by molar-refractivity contribution is -0.141. The van der Waals surface area contributed by atoms with Gasteiger partial charge in [0.1, 0.15) is 4.58 Å². The first-order valence-electron chi connectivity index (χ1n) is 3.27. The number of thiol groups is 2. The molecule has 0 aliphatic heterocycles. The van der Waals surface area contributed by atoms with Gasteiger partial charge in [-0.05, 0) is 12.8 Å². The van der Waals surface area contributed by atoms with Gasteiger partial charge < -0.3 is 4.74 Å². The summed E-state index contributed by atoms with van der Waals surface area (Å²) in [7, 11) is 0. The van der Waals surface area contributed by atoms with Gasteiger partial charge in [0, 0.05) is 5.88 Å². The molecule has 0 atom stereocenters. The number of carbonyl (C=O) groups is 1. The molecular weight excluding hydrogens is 204 g/mol. The predicted octanol–water partition coefficient (Wildman–Crippen LogP) is 1.73. The van der Waals surface area contributed by atoms with Gasteiger partial charge in [-0.15, -0.1) is 11.6 Å². The highest BCUT2D eigenvalue weighted by molar-refractivity contribution is 8.00. The maximum absolute atomic E-state index is 10.7. The number of ether oxygens (including phenoxy) is 1. The molecule has 5 heteroatoms. The van der Waals surface area contributed by atoms with Crippen molar-refractivity contribution in [3.63, 3.8) is 0 Å². The van der Waals surface area contributed by atoms with Crippen LogP contribution in [0.3, 0.4) is 0 Å². The molecule has 0 amide bonds. The van der Waals surface area contributed by atoms with Gasteiger partial charge in [0.15, 0.2) is 0 Å². The second kappa shape index (κ2) is 7.13. The maximum atomic E-state index is 10.7. The Morgan fingerprint density at radius 2 is 2.09 bits per heavy atom. The Bertz CT molecular complexity index is 119. The molecule has 0 rings (SSSR count). The van der Waals surface area contributed by atoms with Crippen LogP contribution in [0.1, 0.15) is 12.8 Å². The molecule has 0 spiro atoms. The zero-order valence-electron chi connectivity index (χ0n) is 5.99. The van der Waals surface area contributed by atoms with Crippen molar-refractivity contribution in [3.05, 3.63) is 0 Å².